The van der Waals surface area contributed by atoms with Crippen molar-refractivity contribution < 1.29 is 19.4 Å². The van der Waals surface area contributed by atoms with Gasteiger partial charge in [0.2, 0.25) is 5.91 Å². The minimum Gasteiger partial charge on any atom is -0.495 e. The Morgan fingerprint density at radius 1 is 1.30 bits per heavy atom. The molecular weight excluding hydrogens is 370 g/mol. The fourth-order valence-electron chi connectivity index (χ4n) is 2.94. The lowest BCUT2D eigenvalue weighted by atomic mass is 10.1. The van der Waals surface area contributed by atoms with Crippen LogP contribution in [0.4, 0.5) is 5.69 Å². The second-order valence-electron chi connectivity index (χ2n) is 6.27. The molecule has 2 N–H and O–H groups in total. The molecule has 1 aromatic rings. The van der Waals surface area contributed by atoms with Crippen LogP contribution >= 0.6 is 11.6 Å². The molecular formula is C19H26ClN3O4. The first-order valence-corrected chi connectivity index (χ1v) is 9.32. The van der Waals surface area contributed by atoms with Crippen molar-refractivity contribution in [3.05, 3.63) is 34.9 Å². The zero-order valence-corrected chi connectivity index (χ0v) is 16.5. The molecule has 0 aliphatic carbocycles. The topological polar surface area (TPSA) is 82.1 Å². The van der Waals surface area contributed by atoms with Crippen LogP contribution in [-0.4, -0.2) is 73.2 Å². The second-order valence-corrected chi connectivity index (χ2v) is 6.68. The largest absolute Gasteiger partial charge is 0.495 e. The molecule has 148 valence electrons. The number of carboxylic acids is 1. The van der Waals surface area contributed by atoms with Gasteiger partial charge in [0, 0.05) is 49.9 Å². The van der Waals surface area contributed by atoms with Crippen LogP contribution in [0.15, 0.2) is 24.3 Å². The molecule has 0 unspecified atom stereocenters. The highest BCUT2D eigenvalue weighted by atomic mass is 35.5. The van der Waals surface area contributed by atoms with Crippen molar-refractivity contribution >= 4 is 29.2 Å². The smallest absolute Gasteiger partial charge is 0.328 e. The van der Waals surface area contributed by atoms with E-state index in [1.807, 2.05) is 17.9 Å². The van der Waals surface area contributed by atoms with Crippen LogP contribution < -0.4 is 10.1 Å². The monoisotopic (exact) mass is 395 g/mol. The molecule has 1 aliphatic rings. The molecule has 0 atom stereocenters. The third-order valence-corrected chi connectivity index (χ3v) is 4.88. The van der Waals surface area contributed by atoms with Gasteiger partial charge in [-0.05, 0) is 18.1 Å². The first-order chi connectivity index (χ1) is 12.9. The normalized spacial score (nSPS) is 15.1. The average Bonchev–Trinajstić information content (AvgIpc) is 2.66. The number of rotatable bonds is 8. The number of carboxylic acid groups (broad SMARTS) is 1. The number of aryl methyl sites for hydroxylation is 1. The van der Waals surface area contributed by atoms with Crippen molar-refractivity contribution in [3.8, 4) is 5.75 Å². The summed E-state index contributed by atoms with van der Waals surface area (Å²) < 4.78 is 5.35. The Bertz CT molecular complexity index is 700. The van der Waals surface area contributed by atoms with Gasteiger partial charge in [0.1, 0.15) is 5.75 Å². The summed E-state index contributed by atoms with van der Waals surface area (Å²) in [6.45, 7) is 5.47. The molecule has 0 bridgehead atoms. The minimum atomic E-state index is -0.946. The lowest BCUT2D eigenvalue weighted by Gasteiger charge is -2.34. The Morgan fingerprint density at radius 3 is 2.59 bits per heavy atom. The highest BCUT2D eigenvalue weighted by Gasteiger charge is 2.20. The molecule has 2 rings (SSSR count). The summed E-state index contributed by atoms with van der Waals surface area (Å²) in [6.07, 6.45) is 3.56. The van der Waals surface area contributed by atoms with E-state index in [4.69, 9.17) is 21.4 Å². The number of nitrogens with zero attached hydrogens (tertiary/aromatic N) is 2. The maximum absolute atomic E-state index is 12.5. The van der Waals surface area contributed by atoms with Crippen LogP contribution in [0.1, 0.15) is 12.5 Å². The number of halogens is 1. The molecule has 0 spiro atoms. The summed E-state index contributed by atoms with van der Waals surface area (Å²) >= 11 is 6.21. The van der Waals surface area contributed by atoms with E-state index in [1.54, 1.807) is 19.3 Å². The van der Waals surface area contributed by atoms with E-state index in [1.165, 1.54) is 0 Å². The summed E-state index contributed by atoms with van der Waals surface area (Å²) in [6, 6.07) is 3.68. The fourth-order valence-corrected chi connectivity index (χ4v) is 3.23. The van der Waals surface area contributed by atoms with Gasteiger partial charge >= 0.3 is 5.97 Å². The van der Waals surface area contributed by atoms with Crippen LogP contribution in [0.5, 0.6) is 5.75 Å². The summed E-state index contributed by atoms with van der Waals surface area (Å²) in [5.74, 6) is -0.315. The van der Waals surface area contributed by atoms with Crippen LogP contribution in [0, 0.1) is 0 Å². The van der Waals surface area contributed by atoms with Crippen molar-refractivity contribution in [3.63, 3.8) is 0 Å². The number of amides is 1. The van der Waals surface area contributed by atoms with Crippen LogP contribution in [0.3, 0.4) is 0 Å². The molecule has 1 saturated heterocycles. The van der Waals surface area contributed by atoms with Gasteiger partial charge in [0.05, 0.1) is 19.3 Å². The van der Waals surface area contributed by atoms with Gasteiger partial charge in [-0.1, -0.05) is 24.6 Å². The standard InChI is InChI=1S/C19H26ClN3O4/c1-3-14-11-16(17(27-2)12-15(14)20)21-13-18(24)23-9-7-22(8-10-23)6-4-5-19(25)26/h4-5,11-12,21H,3,6-10,13H2,1-2H3,(H,25,26). The maximum Gasteiger partial charge on any atom is 0.328 e. The Morgan fingerprint density at radius 2 is 2.00 bits per heavy atom. The Hall–Kier alpha value is -2.25. The highest BCUT2D eigenvalue weighted by Crippen LogP contribution is 2.31. The van der Waals surface area contributed by atoms with E-state index < -0.39 is 5.97 Å². The summed E-state index contributed by atoms with van der Waals surface area (Å²) in [5, 5.41) is 12.4. The van der Waals surface area contributed by atoms with Gasteiger partial charge in [-0.25, -0.2) is 4.79 Å². The van der Waals surface area contributed by atoms with E-state index in [-0.39, 0.29) is 12.5 Å². The number of anilines is 1. The Balaban J connectivity index is 1.86. The zero-order chi connectivity index (χ0) is 19.8. The second kappa shape index (κ2) is 10.2. The predicted molar refractivity (Wildman–Crippen MR) is 106 cm³/mol. The molecule has 8 heteroatoms. The number of hydrogen-bond donors (Lipinski definition) is 2. The van der Waals surface area contributed by atoms with E-state index >= 15 is 0 Å². The Labute approximate surface area is 164 Å². The molecule has 1 amide bonds. The summed E-state index contributed by atoms with van der Waals surface area (Å²) in [7, 11) is 1.57. The number of ether oxygens (including phenoxy) is 1. The number of benzene rings is 1. The van der Waals surface area contributed by atoms with Crippen LogP contribution in [-0.2, 0) is 16.0 Å². The van der Waals surface area contributed by atoms with Gasteiger partial charge in [0.25, 0.3) is 0 Å². The van der Waals surface area contributed by atoms with Crippen LogP contribution in [0.25, 0.3) is 0 Å². The first kappa shape index (κ1) is 21.1. The van der Waals surface area contributed by atoms with Gasteiger partial charge in [-0.2, -0.15) is 0 Å². The number of carbonyl (C=O) groups excluding carboxylic acids is 1. The molecule has 0 aromatic heterocycles. The van der Waals surface area contributed by atoms with Gasteiger partial charge in [0.15, 0.2) is 0 Å². The summed E-state index contributed by atoms with van der Waals surface area (Å²) in [5.41, 5.74) is 1.75. The van der Waals surface area contributed by atoms with Gasteiger partial charge < -0.3 is 20.1 Å². The molecule has 1 fully saturated rings. The van der Waals surface area contributed by atoms with Gasteiger partial charge in [-0.15, -0.1) is 0 Å². The third-order valence-electron chi connectivity index (χ3n) is 4.53. The molecule has 1 aromatic carbocycles. The summed E-state index contributed by atoms with van der Waals surface area (Å²) in [4.78, 5) is 26.9. The van der Waals surface area contributed by atoms with E-state index in [0.717, 1.165) is 36.8 Å². The lowest BCUT2D eigenvalue weighted by Crippen LogP contribution is -2.50. The number of methoxy groups -OCH3 is 1. The SMILES string of the molecule is CCc1cc(NCC(=O)N2CCN(CC=CC(=O)O)CC2)c(OC)cc1Cl. The predicted octanol–water partition coefficient (Wildman–Crippen LogP) is 2.11. The lowest BCUT2D eigenvalue weighted by molar-refractivity contribution is -0.131. The number of piperazine rings is 1. The minimum absolute atomic E-state index is 0.0192. The van der Waals surface area contributed by atoms with Crippen LogP contribution in [0.2, 0.25) is 5.02 Å². The molecule has 27 heavy (non-hydrogen) atoms. The highest BCUT2D eigenvalue weighted by molar-refractivity contribution is 6.31. The Kier molecular flexibility index (Phi) is 7.94. The van der Waals surface area contributed by atoms with Crippen molar-refractivity contribution in [1.29, 1.82) is 0 Å². The molecule has 1 heterocycles. The van der Waals surface area contributed by atoms with E-state index in [0.29, 0.717) is 30.4 Å². The molecule has 0 radical (unpaired) electrons. The van der Waals surface area contributed by atoms with Crippen molar-refractivity contribution in [2.45, 2.75) is 13.3 Å². The third kappa shape index (κ3) is 6.15. The number of nitrogens with one attached hydrogen (secondary N) is 1. The number of hydrogen-bond acceptors (Lipinski definition) is 5. The van der Waals surface area contributed by atoms with Crippen molar-refractivity contribution in [1.82, 2.24) is 9.80 Å². The number of aliphatic carboxylic acids is 1. The maximum atomic E-state index is 12.5. The average molecular weight is 396 g/mol. The molecule has 0 saturated carbocycles. The van der Waals surface area contributed by atoms with Crippen molar-refractivity contribution in [2.24, 2.45) is 0 Å². The van der Waals surface area contributed by atoms with Crippen molar-refractivity contribution in [2.75, 3.05) is 51.7 Å². The number of carbonyl (C=O) groups is 2. The quantitative estimate of drug-likeness (QED) is 0.656. The van der Waals surface area contributed by atoms with E-state index in [2.05, 4.69) is 10.2 Å². The molecule has 1 aliphatic heterocycles. The fraction of sp³-hybridized carbons (Fsp3) is 0.474. The molecule has 7 nitrogen and oxygen atoms in total. The first-order valence-electron chi connectivity index (χ1n) is 8.94. The zero-order valence-electron chi connectivity index (χ0n) is 15.7. The van der Waals surface area contributed by atoms with Gasteiger partial charge in [-0.3, -0.25) is 9.69 Å². The van der Waals surface area contributed by atoms with E-state index in [9.17, 15) is 9.59 Å².